The summed E-state index contributed by atoms with van der Waals surface area (Å²) in [5.41, 5.74) is 0.475. The van der Waals surface area contributed by atoms with E-state index in [4.69, 9.17) is 11.6 Å². The maximum atomic E-state index is 14.2. The van der Waals surface area contributed by atoms with Gasteiger partial charge in [0.1, 0.15) is 5.82 Å². The quantitative estimate of drug-likeness (QED) is 0.682. The van der Waals surface area contributed by atoms with Gasteiger partial charge in [-0.3, -0.25) is 9.00 Å². The van der Waals surface area contributed by atoms with Crippen molar-refractivity contribution in [2.45, 2.75) is 30.5 Å². The summed E-state index contributed by atoms with van der Waals surface area (Å²) >= 11 is 6.05. The maximum Gasteiger partial charge on any atom is 0.258 e. The van der Waals surface area contributed by atoms with Crippen LogP contribution in [-0.4, -0.2) is 30.8 Å². The third kappa shape index (κ3) is 5.84. The van der Waals surface area contributed by atoms with E-state index in [0.717, 1.165) is 18.2 Å². The number of rotatable bonds is 7. The van der Waals surface area contributed by atoms with Gasteiger partial charge in [-0.25, -0.2) is 17.5 Å². The van der Waals surface area contributed by atoms with Crippen molar-refractivity contribution >= 4 is 44.0 Å². The normalized spacial score (nSPS) is 12.8. The van der Waals surface area contributed by atoms with Crippen LogP contribution in [0.2, 0.25) is 5.02 Å². The summed E-state index contributed by atoms with van der Waals surface area (Å²) in [5.74, 6) is -1.47. The van der Waals surface area contributed by atoms with E-state index in [2.05, 4.69) is 10.0 Å². The molecule has 0 fully saturated rings. The van der Waals surface area contributed by atoms with Crippen LogP contribution in [0.4, 0.5) is 10.1 Å². The van der Waals surface area contributed by atoms with Crippen LogP contribution in [0.25, 0.3) is 0 Å². The number of sulfonamides is 1. The van der Waals surface area contributed by atoms with Crippen LogP contribution >= 0.6 is 11.6 Å². The molecular weight excluding hydrogens is 427 g/mol. The minimum atomic E-state index is -3.88. The Morgan fingerprint density at radius 1 is 1.21 bits per heavy atom. The van der Waals surface area contributed by atoms with Gasteiger partial charge in [0.05, 0.1) is 10.5 Å². The molecule has 0 radical (unpaired) electrons. The van der Waals surface area contributed by atoms with Gasteiger partial charge in [0, 0.05) is 39.6 Å². The first-order chi connectivity index (χ1) is 13.0. The Balaban J connectivity index is 2.32. The molecule has 0 aliphatic heterocycles. The van der Waals surface area contributed by atoms with E-state index in [1.807, 2.05) is 0 Å². The molecule has 0 heterocycles. The number of hydrogen-bond acceptors (Lipinski definition) is 4. The number of halogens is 2. The average molecular weight is 447 g/mol. The molecule has 0 aliphatic carbocycles. The zero-order valence-corrected chi connectivity index (χ0v) is 17.8. The standard InChI is InChI=1S/C18H20ClFN2O4S2/c1-11(2)22-28(25,26)14-5-7-17(20)15(9-14)18(23)21-13-4-6-16(19)12(8-13)10-27(3)24/h4-9,11,22H,10H2,1-3H3,(H,21,23). The van der Waals surface area contributed by atoms with E-state index in [1.54, 1.807) is 19.9 Å². The van der Waals surface area contributed by atoms with Gasteiger partial charge in [0.25, 0.3) is 5.91 Å². The highest BCUT2D eigenvalue weighted by Crippen LogP contribution is 2.23. The summed E-state index contributed by atoms with van der Waals surface area (Å²) in [6.07, 6.45) is 1.52. The summed E-state index contributed by atoms with van der Waals surface area (Å²) < 4.78 is 52.5. The molecule has 10 heteroatoms. The monoisotopic (exact) mass is 446 g/mol. The molecule has 1 amide bonds. The molecule has 2 N–H and O–H groups in total. The summed E-state index contributed by atoms with van der Waals surface area (Å²) in [4.78, 5) is 12.3. The Hall–Kier alpha value is -1.81. The van der Waals surface area contributed by atoms with Gasteiger partial charge in [0.15, 0.2) is 0 Å². The van der Waals surface area contributed by atoms with Crippen molar-refractivity contribution in [1.29, 1.82) is 0 Å². The van der Waals surface area contributed by atoms with Gasteiger partial charge in [-0.05, 0) is 55.8 Å². The van der Waals surface area contributed by atoms with Crippen molar-refractivity contribution < 1.29 is 21.8 Å². The first-order valence-electron chi connectivity index (χ1n) is 8.21. The largest absolute Gasteiger partial charge is 0.322 e. The van der Waals surface area contributed by atoms with Gasteiger partial charge < -0.3 is 5.32 Å². The lowest BCUT2D eigenvalue weighted by molar-refractivity contribution is 0.102. The number of carbonyl (C=O) groups excluding carboxylic acids is 1. The lowest BCUT2D eigenvalue weighted by atomic mass is 10.1. The molecule has 0 aromatic heterocycles. The average Bonchev–Trinajstić information content (AvgIpc) is 2.56. The number of anilines is 1. The highest BCUT2D eigenvalue weighted by molar-refractivity contribution is 7.89. The molecule has 2 aromatic carbocycles. The van der Waals surface area contributed by atoms with E-state index in [9.17, 15) is 21.8 Å². The Morgan fingerprint density at radius 3 is 2.50 bits per heavy atom. The van der Waals surface area contributed by atoms with Gasteiger partial charge in [-0.15, -0.1) is 0 Å². The molecule has 6 nitrogen and oxygen atoms in total. The number of benzene rings is 2. The predicted octanol–water partition coefficient (Wildman–Crippen LogP) is 3.30. The molecule has 0 spiro atoms. The number of amides is 1. The Kier molecular flexibility index (Phi) is 7.33. The van der Waals surface area contributed by atoms with E-state index >= 15 is 0 Å². The minimum absolute atomic E-state index is 0.200. The predicted molar refractivity (Wildman–Crippen MR) is 109 cm³/mol. The first kappa shape index (κ1) is 22.5. The highest BCUT2D eigenvalue weighted by Gasteiger charge is 2.20. The van der Waals surface area contributed by atoms with Crippen LogP contribution in [-0.2, 0) is 26.6 Å². The third-order valence-corrected chi connectivity index (χ3v) is 6.29. The van der Waals surface area contributed by atoms with Crippen molar-refractivity contribution in [3.8, 4) is 0 Å². The molecular formula is C18H20ClFN2O4S2. The molecule has 1 unspecified atom stereocenters. The molecule has 152 valence electrons. The SMILES string of the molecule is CC(C)NS(=O)(=O)c1ccc(F)c(C(=O)Nc2ccc(Cl)c(CS(C)=O)c2)c1. The maximum absolute atomic E-state index is 14.2. The third-order valence-electron chi connectivity index (χ3n) is 3.55. The first-order valence-corrected chi connectivity index (χ1v) is 11.8. The molecule has 28 heavy (non-hydrogen) atoms. The highest BCUT2D eigenvalue weighted by atomic mass is 35.5. The van der Waals surface area contributed by atoms with Crippen LogP contribution < -0.4 is 10.0 Å². The van der Waals surface area contributed by atoms with Crippen molar-refractivity contribution in [3.05, 3.63) is 58.4 Å². The Bertz CT molecular complexity index is 1030. The van der Waals surface area contributed by atoms with Crippen molar-refractivity contribution in [2.75, 3.05) is 11.6 Å². The van der Waals surface area contributed by atoms with Crippen LogP contribution in [0, 0.1) is 5.82 Å². The van der Waals surface area contributed by atoms with Gasteiger partial charge in [-0.1, -0.05) is 11.6 Å². The second-order valence-corrected chi connectivity index (χ2v) is 9.95. The number of hydrogen-bond donors (Lipinski definition) is 2. The van der Waals surface area contributed by atoms with Crippen LogP contribution in [0.15, 0.2) is 41.3 Å². The molecule has 0 saturated carbocycles. The second-order valence-electron chi connectivity index (χ2n) is 6.40. The van der Waals surface area contributed by atoms with Gasteiger partial charge >= 0.3 is 0 Å². The lowest BCUT2D eigenvalue weighted by Crippen LogP contribution is -2.30. The topological polar surface area (TPSA) is 92.3 Å². The zero-order valence-electron chi connectivity index (χ0n) is 15.5. The number of nitrogens with one attached hydrogen (secondary N) is 2. The van der Waals surface area contributed by atoms with E-state index < -0.39 is 38.1 Å². The summed E-state index contributed by atoms with van der Waals surface area (Å²) in [5, 5.41) is 2.90. The van der Waals surface area contributed by atoms with Gasteiger partial charge in [-0.2, -0.15) is 0 Å². The molecule has 2 rings (SSSR count). The van der Waals surface area contributed by atoms with Crippen LogP contribution in [0.3, 0.4) is 0 Å². The van der Waals surface area contributed by atoms with Crippen LogP contribution in [0.5, 0.6) is 0 Å². The minimum Gasteiger partial charge on any atom is -0.322 e. The Morgan fingerprint density at radius 2 is 1.89 bits per heavy atom. The molecule has 0 bridgehead atoms. The van der Waals surface area contributed by atoms with Crippen molar-refractivity contribution in [2.24, 2.45) is 0 Å². The van der Waals surface area contributed by atoms with E-state index in [0.29, 0.717) is 16.3 Å². The van der Waals surface area contributed by atoms with Crippen molar-refractivity contribution in [3.63, 3.8) is 0 Å². The fourth-order valence-corrected chi connectivity index (χ4v) is 4.62. The summed E-state index contributed by atoms with van der Waals surface area (Å²) in [6.45, 7) is 3.30. The summed E-state index contributed by atoms with van der Waals surface area (Å²) in [6, 6.07) is 7.23. The fourth-order valence-electron chi connectivity index (χ4n) is 2.40. The molecule has 1 atom stereocenters. The smallest absolute Gasteiger partial charge is 0.258 e. The zero-order chi connectivity index (χ0) is 21.1. The van der Waals surface area contributed by atoms with E-state index in [1.165, 1.54) is 18.4 Å². The molecule has 2 aromatic rings. The lowest BCUT2D eigenvalue weighted by Gasteiger charge is -2.12. The fraction of sp³-hybridized carbons (Fsp3) is 0.278. The second kappa shape index (κ2) is 9.13. The van der Waals surface area contributed by atoms with Crippen molar-refractivity contribution in [1.82, 2.24) is 4.72 Å². The number of carbonyl (C=O) groups is 1. The summed E-state index contributed by atoms with van der Waals surface area (Å²) in [7, 11) is -5.02. The van der Waals surface area contributed by atoms with Crippen LogP contribution in [0.1, 0.15) is 29.8 Å². The Labute approximate surface area is 171 Å². The molecule has 0 aliphatic rings. The van der Waals surface area contributed by atoms with E-state index in [-0.39, 0.29) is 16.7 Å². The van der Waals surface area contributed by atoms with Gasteiger partial charge in [0.2, 0.25) is 10.0 Å². The molecule has 0 saturated heterocycles.